The van der Waals surface area contributed by atoms with E-state index in [-0.39, 0.29) is 32.6 Å². The molecule has 0 aromatic carbocycles. The lowest BCUT2D eigenvalue weighted by molar-refractivity contribution is -0.150. The zero-order valence-electron chi connectivity index (χ0n) is 16.1. The fourth-order valence-electron chi connectivity index (χ4n) is 3.56. The Morgan fingerprint density at radius 1 is 1.42 bits per heavy atom. The molecule has 0 aliphatic carbocycles. The molecule has 2 amide bonds. The third kappa shape index (κ3) is 3.90. The number of carboxylic acid groups (broad SMARTS) is 1. The summed E-state index contributed by atoms with van der Waals surface area (Å²) >= 11 is 3.59. The Labute approximate surface area is 188 Å². The normalized spacial score (nSPS) is 25.9. The van der Waals surface area contributed by atoms with Gasteiger partial charge >= 0.3 is 5.97 Å². The molecule has 0 spiro atoms. The van der Waals surface area contributed by atoms with E-state index in [1.807, 2.05) is 0 Å². The summed E-state index contributed by atoms with van der Waals surface area (Å²) in [6.07, 6.45) is 0.936. The van der Waals surface area contributed by atoms with Crippen molar-refractivity contribution in [1.82, 2.24) is 15.2 Å². The molecule has 3 atom stereocenters. The summed E-state index contributed by atoms with van der Waals surface area (Å²) in [6.45, 7) is 0. The molecule has 14 heteroatoms. The largest absolute Gasteiger partial charge is 0.477 e. The Morgan fingerprint density at radius 3 is 2.77 bits per heavy atom. The van der Waals surface area contributed by atoms with Crippen molar-refractivity contribution in [2.24, 2.45) is 5.16 Å². The number of carboxylic acids is 1. The molecule has 2 saturated heterocycles. The van der Waals surface area contributed by atoms with Gasteiger partial charge in [0, 0.05) is 22.8 Å². The first-order valence-corrected chi connectivity index (χ1v) is 11.9. The number of hydrogen-bond acceptors (Lipinski definition) is 11. The van der Waals surface area contributed by atoms with Crippen LogP contribution in [0.4, 0.5) is 5.13 Å². The molecular weight excluding hydrogens is 466 g/mol. The quantitative estimate of drug-likeness (QED) is 0.290. The maximum atomic E-state index is 12.8. The predicted octanol–water partition coefficient (Wildman–Crippen LogP) is 0.237. The van der Waals surface area contributed by atoms with Crippen LogP contribution < -0.4 is 11.1 Å². The number of nitrogens with one attached hydrogen (secondary N) is 1. The van der Waals surface area contributed by atoms with Gasteiger partial charge in [-0.2, -0.15) is 0 Å². The first-order valence-electron chi connectivity index (χ1n) is 9.05. The van der Waals surface area contributed by atoms with Crippen molar-refractivity contribution in [3.05, 3.63) is 22.3 Å². The molecule has 4 rings (SSSR count). The summed E-state index contributed by atoms with van der Waals surface area (Å²) in [6, 6.07) is -0.927. The van der Waals surface area contributed by atoms with Gasteiger partial charge in [0.25, 0.3) is 11.8 Å². The van der Waals surface area contributed by atoms with Gasteiger partial charge < -0.3 is 21.0 Å². The molecule has 11 nitrogen and oxygen atoms in total. The van der Waals surface area contributed by atoms with E-state index in [9.17, 15) is 24.3 Å². The third-order valence-electron chi connectivity index (χ3n) is 4.92. The maximum Gasteiger partial charge on any atom is 0.352 e. The lowest BCUT2D eigenvalue weighted by atomic mass is 10.00. The van der Waals surface area contributed by atoms with Crippen molar-refractivity contribution in [2.75, 3.05) is 18.6 Å². The zero-order valence-corrected chi connectivity index (χ0v) is 18.5. The van der Waals surface area contributed by atoms with E-state index < -0.39 is 29.2 Å². The lowest BCUT2D eigenvalue weighted by Gasteiger charge is -2.49. The molecule has 0 unspecified atom stereocenters. The van der Waals surface area contributed by atoms with Crippen LogP contribution in [0.15, 0.2) is 21.8 Å². The first kappa shape index (κ1) is 21.6. The Morgan fingerprint density at radius 2 is 2.19 bits per heavy atom. The number of aliphatic carboxylic acids is 1. The van der Waals surface area contributed by atoms with Crippen LogP contribution in [-0.4, -0.2) is 73.1 Å². The van der Waals surface area contributed by atoms with Crippen molar-refractivity contribution >= 4 is 68.6 Å². The second-order valence-electron chi connectivity index (χ2n) is 6.75. The number of anilines is 1. The number of thiazole rings is 1. The molecule has 31 heavy (non-hydrogen) atoms. The molecule has 1 aromatic heterocycles. The predicted molar refractivity (Wildman–Crippen MR) is 115 cm³/mol. The highest BCUT2D eigenvalue weighted by molar-refractivity contribution is 8.14. The molecule has 0 radical (unpaired) electrons. The summed E-state index contributed by atoms with van der Waals surface area (Å²) in [5, 5.41) is 17.0. The molecule has 1 aromatic rings. The van der Waals surface area contributed by atoms with E-state index in [0.717, 1.165) is 23.1 Å². The number of fused-ring (bicyclic) bond motifs is 1. The number of nitrogens with two attached hydrogens (primary N) is 1. The number of β-lactam (4-membered cyclic amide) rings is 1. The van der Waals surface area contributed by atoms with E-state index in [4.69, 9.17) is 10.6 Å². The number of nitrogens with zero attached hydrogens (tertiary/aromatic N) is 3. The van der Waals surface area contributed by atoms with Gasteiger partial charge in [-0.05, 0) is 12.0 Å². The Bertz CT molecular complexity index is 1040. The second-order valence-corrected chi connectivity index (χ2v) is 10.0. The van der Waals surface area contributed by atoms with E-state index in [1.54, 1.807) is 0 Å². The number of nitrogen functional groups attached to an aromatic ring is 1. The highest BCUT2D eigenvalue weighted by atomic mass is 32.2. The van der Waals surface area contributed by atoms with E-state index in [0.29, 0.717) is 24.2 Å². The van der Waals surface area contributed by atoms with Crippen LogP contribution in [0, 0.1) is 0 Å². The van der Waals surface area contributed by atoms with Gasteiger partial charge in [-0.25, -0.2) is 9.78 Å². The van der Waals surface area contributed by atoms with E-state index >= 15 is 0 Å². The summed E-state index contributed by atoms with van der Waals surface area (Å²) < 4.78 is 0. The van der Waals surface area contributed by atoms with Crippen LogP contribution in [-0.2, 0) is 24.0 Å². The SMILES string of the molecule is CO/N=C(\C(=O)N[C@@H]1C(=O)N2C(C(=O)O)=C([C@@H]3CCC(=O)S3)CS[C@H]12)c1csc(N)n1. The topological polar surface area (TPSA) is 164 Å². The number of oxime groups is 1. The van der Waals surface area contributed by atoms with Crippen LogP contribution in [0.5, 0.6) is 0 Å². The standard InChI is InChI=1S/C17H17N5O6S3/c1-28-21-10(7-5-30-17(18)19-7)13(24)20-11-14(25)22-12(16(26)27)6(4-29-15(11)22)8-2-3-9(23)31-8/h5,8,11,15H,2-4H2,1H3,(H2,18,19)(H,20,24)(H,26,27)/b21-10-/t8-,11+,15+/m0/s1. The van der Waals surface area contributed by atoms with Crippen molar-refractivity contribution in [2.45, 2.75) is 29.5 Å². The monoisotopic (exact) mass is 483 g/mol. The van der Waals surface area contributed by atoms with Gasteiger partial charge in [0.2, 0.25) is 0 Å². The third-order valence-corrected chi connectivity index (χ3v) is 8.17. The summed E-state index contributed by atoms with van der Waals surface area (Å²) in [4.78, 5) is 59.1. The minimum Gasteiger partial charge on any atom is -0.477 e. The molecule has 3 aliphatic heterocycles. The molecule has 164 valence electrons. The van der Waals surface area contributed by atoms with E-state index in [2.05, 4.69) is 15.5 Å². The van der Waals surface area contributed by atoms with Gasteiger partial charge in [-0.15, -0.1) is 23.1 Å². The van der Waals surface area contributed by atoms with E-state index in [1.165, 1.54) is 29.2 Å². The first-order chi connectivity index (χ1) is 14.8. The summed E-state index contributed by atoms with van der Waals surface area (Å²) in [5.74, 6) is -2.09. The number of hydrogen-bond donors (Lipinski definition) is 3. The molecule has 0 saturated carbocycles. The molecule has 0 bridgehead atoms. The van der Waals surface area contributed by atoms with Gasteiger partial charge in [0.15, 0.2) is 16.0 Å². The number of carbonyl (C=O) groups is 4. The lowest BCUT2D eigenvalue weighted by Crippen LogP contribution is -2.71. The number of amides is 2. The average Bonchev–Trinajstić information content (AvgIpc) is 3.36. The fraction of sp³-hybridized carbons (Fsp3) is 0.412. The van der Waals surface area contributed by atoms with Crippen LogP contribution in [0.2, 0.25) is 0 Å². The van der Waals surface area contributed by atoms with Gasteiger partial charge in [0.05, 0.1) is 0 Å². The fourth-order valence-corrected chi connectivity index (χ4v) is 6.76. The number of carbonyl (C=O) groups excluding carboxylic acids is 3. The van der Waals surface area contributed by atoms with Crippen molar-refractivity contribution in [3.63, 3.8) is 0 Å². The number of thioether (sulfide) groups is 2. The minimum absolute atomic E-state index is 0.0158. The molecule has 2 fully saturated rings. The van der Waals surface area contributed by atoms with Crippen LogP contribution >= 0.6 is 34.9 Å². The second kappa shape index (κ2) is 8.51. The molecular formula is C17H17N5O6S3. The average molecular weight is 484 g/mol. The smallest absolute Gasteiger partial charge is 0.352 e. The molecule has 3 aliphatic rings. The van der Waals surface area contributed by atoms with Gasteiger partial charge in [-0.3, -0.25) is 19.3 Å². The van der Waals surface area contributed by atoms with Crippen LogP contribution in [0.1, 0.15) is 18.5 Å². The van der Waals surface area contributed by atoms with Crippen molar-refractivity contribution in [3.8, 4) is 0 Å². The van der Waals surface area contributed by atoms with Crippen LogP contribution in [0.3, 0.4) is 0 Å². The zero-order chi connectivity index (χ0) is 22.3. The number of rotatable bonds is 6. The van der Waals surface area contributed by atoms with Crippen LogP contribution in [0.25, 0.3) is 0 Å². The Hall–Kier alpha value is -2.58. The highest BCUT2D eigenvalue weighted by Crippen LogP contribution is 2.45. The Kier molecular flexibility index (Phi) is 5.94. The van der Waals surface area contributed by atoms with Gasteiger partial charge in [0.1, 0.15) is 29.9 Å². The van der Waals surface area contributed by atoms with Gasteiger partial charge in [-0.1, -0.05) is 16.9 Å². The minimum atomic E-state index is -1.22. The molecule has 4 N–H and O–H groups in total. The Balaban J connectivity index is 1.54. The molecule has 4 heterocycles. The maximum absolute atomic E-state index is 12.8. The van der Waals surface area contributed by atoms with Crippen molar-refractivity contribution < 1.29 is 29.1 Å². The summed E-state index contributed by atoms with van der Waals surface area (Å²) in [5.41, 5.74) is 6.15. The van der Waals surface area contributed by atoms with Crippen molar-refractivity contribution in [1.29, 1.82) is 0 Å². The summed E-state index contributed by atoms with van der Waals surface area (Å²) in [7, 11) is 1.27. The number of aromatic nitrogens is 1. The highest BCUT2D eigenvalue weighted by Gasteiger charge is 2.55.